The number of urea groups is 1. The molecule has 2 aromatic rings. The minimum atomic E-state index is -0.700. The average molecular weight is 472 g/mol. The number of nitrogens with one attached hydrogen (secondary N) is 1. The SMILES string of the molecule is COCCOc1cc(NC(=O)N2CCCc3cc(COC)c(C(OC)OC)nc32)ncc1C#N. The monoisotopic (exact) mass is 471 g/mol. The van der Waals surface area contributed by atoms with Crippen LogP contribution in [0.1, 0.15) is 35.1 Å². The highest BCUT2D eigenvalue weighted by Crippen LogP contribution is 2.32. The van der Waals surface area contributed by atoms with E-state index in [-0.39, 0.29) is 18.0 Å². The fourth-order valence-corrected chi connectivity index (χ4v) is 3.67. The number of hydrogen-bond acceptors (Lipinski definition) is 9. The van der Waals surface area contributed by atoms with E-state index in [0.29, 0.717) is 37.0 Å². The van der Waals surface area contributed by atoms with E-state index in [4.69, 9.17) is 28.7 Å². The average Bonchev–Trinajstić information content (AvgIpc) is 2.85. The highest BCUT2D eigenvalue weighted by atomic mass is 16.7. The van der Waals surface area contributed by atoms with Gasteiger partial charge in [0.05, 0.1) is 19.4 Å². The molecule has 0 aromatic carbocycles. The zero-order valence-corrected chi connectivity index (χ0v) is 19.8. The van der Waals surface area contributed by atoms with E-state index in [1.807, 2.05) is 12.1 Å². The molecule has 2 amide bonds. The van der Waals surface area contributed by atoms with Crippen LogP contribution in [0.5, 0.6) is 5.75 Å². The molecule has 1 N–H and O–H groups in total. The minimum Gasteiger partial charge on any atom is -0.490 e. The van der Waals surface area contributed by atoms with Gasteiger partial charge in [0.2, 0.25) is 6.29 Å². The van der Waals surface area contributed by atoms with Gasteiger partial charge in [-0.2, -0.15) is 5.26 Å². The predicted octanol–water partition coefficient (Wildman–Crippen LogP) is 2.80. The van der Waals surface area contributed by atoms with Gasteiger partial charge in [0.25, 0.3) is 0 Å². The highest BCUT2D eigenvalue weighted by molar-refractivity contribution is 6.01. The van der Waals surface area contributed by atoms with Crippen molar-refractivity contribution in [3.63, 3.8) is 0 Å². The maximum absolute atomic E-state index is 13.2. The van der Waals surface area contributed by atoms with E-state index >= 15 is 0 Å². The largest absolute Gasteiger partial charge is 0.490 e. The summed E-state index contributed by atoms with van der Waals surface area (Å²) in [6, 6.07) is 5.13. The number of nitriles is 1. The molecule has 3 heterocycles. The van der Waals surface area contributed by atoms with Gasteiger partial charge in [-0.05, 0) is 24.5 Å². The van der Waals surface area contributed by atoms with Crippen molar-refractivity contribution in [2.24, 2.45) is 0 Å². The van der Waals surface area contributed by atoms with Gasteiger partial charge in [-0.15, -0.1) is 0 Å². The van der Waals surface area contributed by atoms with Crippen molar-refractivity contribution in [2.75, 3.05) is 58.4 Å². The molecule has 11 heteroatoms. The van der Waals surface area contributed by atoms with Crippen LogP contribution in [-0.4, -0.2) is 64.2 Å². The maximum atomic E-state index is 13.2. The number of rotatable bonds is 10. The smallest absolute Gasteiger partial charge is 0.328 e. The Kier molecular flexibility index (Phi) is 9.12. The number of carbonyl (C=O) groups excluding carboxylic acids is 1. The van der Waals surface area contributed by atoms with E-state index < -0.39 is 12.3 Å². The first kappa shape index (κ1) is 25.3. The lowest BCUT2D eigenvalue weighted by atomic mass is 10.0. The summed E-state index contributed by atoms with van der Waals surface area (Å²) in [5.41, 5.74) is 2.58. The third kappa shape index (κ3) is 5.78. The highest BCUT2D eigenvalue weighted by Gasteiger charge is 2.28. The molecule has 0 spiro atoms. The van der Waals surface area contributed by atoms with Gasteiger partial charge in [0.1, 0.15) is 41.3 Å². The molecule has 34 heavy (non-hydrogen) atoms. The van der Waals surface area contributed by atoms with E-state index in [9.17, 15) is 10.1 Å². The van der Waals surface area contributed by atoms with Crippen molar-refractivity contribution < 1.29 is 28.5 Å². The zero-order chi connectivity index (χ0) is 24.5. The summed E-state index contributed by atoms with van der Waals surface area (Å²) in [4.78, 5) is 23.7. The number of pyridine rings is 2. The molecule has 3 rings (SSSR count). The van der Waals surface area contributed by atoms with Crippen molar-refractivity contribution in [1.29, 1.82) is 5.26 Å². The van der Waals surface area contributed by atoms with Gasteiger partial charge in [0, 0.05) is 46.6 Å². The van der Waals surface area contributed by atoms with Crippen LogP contribution in [0.25, 0.3) is 0 Å². The van der Waals surface area contributed by atoms with E-state index in [0.717, 1.165) is 24.0 Å². The fourth-order valence-electron chi connectivity index (χ4n) is 3.67. The number of nitrogens with zero attached hydrogens (tertiary/aromatic N) is 4. The molecular formula is C23H29N5O6. The second kappa shape index (κ2) is 12.2. The summed E-state index contributed by atoms with van der Waals surface area (Å²) < 4.78 is 26.7. The molecule has 182 valence electrons. The van der Waals surface area contributed by atoms with Crippen LogP contribution in [-0.2, 0) is 32.0 Å². The van der Waals surface area contributed by atoms with Gasteiger partial charge in [-0.1, -0.05) is 0 Å². The molecule has 0 fully saturated rings. The number of hydrogen-bond donors (Lipinski definition) is 1. The number of anilines is 2. The molecule has 0 aliphatic carbocycles. The van der Waals surface area contributed by atoms with Gasteiger partial charge >= 0.3 is 6.03 Å². The quantitative estimate of drug-likeness (QED) is 0.411. The molecule has 11 nitrogen and oxygen atoms in total. The Bertz CT molecular complexity index is 1040. The molecule has 0 radical (unpaired) electrons. The van der Waals surface area contributed by atoms with Gasteiger partial charge < -0.3 is 23.7 Å². The summed E-state index contributed by atoms with van der Waals surface area (Å²) in [6.45, 7) is 1.44. The zero-order valence-electron chi connectivity index (χ0n) is 19.8. The van der Waals surface area contributed by atoms with Crippen molar-refractivity contribution >= 4 is 17.7 Å². The standard InChI is InChI=1S/C23H29N5O6/c1-30-8-9-34-18-11-19(25-13-17(18)12-24)26-23(29)28-7-5-6-15-10-16(14-31-2)20(27-21(15)28)22(32-3)33-4/h10-11,13,22H,5-9,14H2,1-4H3,(H,25,26,29). The maximum Gasteiger partial charge on any atom is 0.328 e. The van der Waals surface area contributed by atoms with Gasteiger partial charge in [0.15, 0.2) is 0 Å². The Labute approximate surface area is 198 Å². The molecule has 1 aliphatic rings. The van der Waals surface area contributed by atoms with Crippen LogP contribution in [0.3, 0.4) is 0 Å². The summed E-state index contributed by atoms with van der Waals surface area (Å²) in [5.74, 6) is 1.10. The first-order chi connectivity index (χ1) is 16.6. The summed E-state index contributed by atoms with van der Waals surface area (Å²) in [5, 5.41) is 12.1. The summed E-state index contributed by atoms with van der Waals surface area (Å²) in [6.07, 6.45) is 2.21. The third-order valence-corrected chi connectivity index (χ3v) is 5.24. The Hall–Kier alpha value is -3.30. The molecule has 0 saturated carbocycles. The topological polar surface area (TPSA) is 128 Å². The second-order valence-corrected chi connectivity index (χ2v) is 7.46. The summed E-state index contributed by atoms with van der Waals surface area (Å²) in [7, 11) is 6.22. The van der Waals surface area contributed by atoms with E-state index in [1.54, 1.807) is 19.1 Å². The first-order valence-corrected chi connectivity index (χ1v) is 10.7. The van der Waals surface area contributed by atoms with Crippen LogP contribution >= 0.6 is 0 Å². The molecule has 0 saturated heterocycles. The van der Waals surface area contributed by atoms with Crippen molar-refractivity contribution in [3.8, 4) is 11.8 Å². The van der Waals surface area contributed by atoms with Crippen molar-refractivity contribution in [2.45, 2.75) is 25.7 Å². The Balaban J connectivity index is 1.88. The molecule has 0 atom stereocenters. The lowest BCUT2D eigenvalue weighted by Crippen LogP contribution is -2.40. The van der Waals surface area contributed by atoms with Crippen LogP contribution in [0, 0.1) is 11.3 Å². The molecular weight excluding hydrogens is 442 g/mol. The third-order valence-electron chi connectivity index (χ3n) is 5.24. The fraction of sp³-hybridized carbons (Fsp3) is 0.478. The van der Waals surface area contributed by atoms with Crippen LogP contribution in [0.2, 0.25) is 0 Å². The minimum absolute atomic E-state index is 0.256. The number of fused-ring (bicyclic) bond motifs is 1. The van der Waals surface area contributed by atoms with Crippen LogP contribution in [0.4, 0.5) is 16.4 Å². The number of amides is 2. The lowest BCUT2D eigenvalue weighted by molar-refractivity contribution is -0.109. The number of aryl methyl sites for hydroxylation is 1. The Morgan fingerprint density at radius 3 is 2.68 bits per heavy atom. The van der Waals surface area contributed by atoms with Crippen molar-refractivity contribution in [3.05, 3.63) is 40.7 Å². The molecule has 2 aromatic heterocycles. The van der Waals surface area contributed by atoms with E-state index in [2.05, 4.69) is 10.3 Å². The van der Waals surface area contributed by atoms with Crippen LogP contribution in [0.15, 0.2) is 18.3 Å². The van der Waals surface area contributed by atoms with Gasteiger partial charge in [-0.3, -0.25) is 10.2 Å². The molecule has 1 aliphatic heterocycles. The number of ether oxygens (including phenoxy) is 5. The molecule has 0 unspecified atom stereocenters. The number of aromatic nitrogens is 2. The van der Waals surface area contributed by atoms with Crippen LogP contribution < -0.4 is 15.0 Å². The van der Waals surface area contributed by atoms with E-state index in [1.165, 1.54) is 26.5 Å². The lowest BCUT2D eigenvalue weighted by Gasteiger charge is -2.30. The Morgan fingerprint density at radius 1 is 1.21 bits per heavy atom. The second-order valence-electron chi connectivity index (χ2n) is 7.46. The number of carbonyl (C=O) groups is 1. The first-order valence-electron chi connectivity index (χ1n) is 10.7. The Morgan fingerprint density at radius 2 is 2.00 bits per heavy atom. The normalized spacial score (nSPS) is 12.9. The van der Waals surface area contributed by atoms with Gasteiger partial charge in [-0.25, -0.2) is 14.8 Å². The number of methoxy groups -OCH3 is 4. The predicted molar refractivity (Wildman–Crippen MR) is 123 cm³/mol. The summed E-state index contributed by atoms with van der Waals surface area (Å²) >= 11 is 0. The van der Waals surface area contributed by atoms with Crippen molar-refractivity contribution in [1.82, 2.24) is 9.97 Å². The molecule has 0 bridgehead atoms.